The summed E-state index contributed by atoms with van der Waals surface area (Å²) < 4.78 is 0. The average Bonchev–Trinajstić information content (AvgIpc) is 2.70. The largest absolute Gasteiger partial charge is 0.389 e. The van der Waals surface area contributed by atoms with Crippen LogP contribution in [0.3, 0.4) is 0 Å². The Labute approximate surface area is 75.7 Å². The normalized spacial score (nSPS) is 16.1. The third-order valence-corrected chi connectivity index (χ3v) is 2.55. The number of halogens is 1. The maximum absolute atomic E-state index is 8.70. The van der Waals surface area contributed by atoms with Crippen molar-refractivity contribution in [2.24, 2.45) is 0 Å². The lowest BCUT2D eigenvalue weighted by Gasteiger charge is -1.85. The SMILES string of the molecule is Cl.OCc1nc(C2CC2)cs1. The van der Waals surface area contributed by atoms with Gasteiger partial charge in [-0.05, 0) is 12.8 Å². The van der Waals surface area contributed by atoms with Crippen molar-refractivity contribution in [3.05, 3.63) is 16.1 Å². The number of aromatic nitrogens is 1. The van der Waals surface area contributed by atoms with Gasteiger partial charge in [0.1, 0.15) is 5.01 Å². The molecule has 1 aromatic rings. The molecule has 1 fully saturated rings. The quantitative estimate of drug-likeness (QED) is 0.775. The van der Waals surface area contributed by atoms with E-state index < -0.39 is 0 Å². The van der Waals surface area contributed by atoms with Gasteiger partial charge in [0.05, 0.1) is 12.3 Å². The topological polar surface area (TPSA) is 33.1 Å². The Morgan fingerprint density at radius 3 is 2.82 bits per heavy atom. The standard InChI is InChI=1S/C7H9NOS.ClH/c9-3-7-8-6(4-10-7)5-1-2-5;/h4-5,9H,1-3H2;1H. The second kappa shape index (κ2) is 3.52. The number of nitrogens with zero attached hydrogens (tertiary/aromatic N) is 1. The zero-order chi connectivity index (χ0) is 6.97. The lowest BCUT2D eigenvalue weighted by atomic mass is 10.3. The molecule has 1 aromatic heterocycles. The Hall–Kier alpha value is -0.120. The summed E-state index contributed by atoms with van der Waals surface area (Å²) in [7, 11) is 0. The molecule has 2 nitrogen and oxygen atoms in total. The Kier molecular flexibility index (Phi) is 2.87. The van der Waals surface area contributed by atoms with Crippen molar-refractivity contribution in [3.63, 3.8) is 0 Å². The van der Waals surface area contributed by atoms with Gasteiger partial charge in [0, 0.05) is 11.3 Å². The van der Waals surface area contributed by atoms with Crippen molar-refractivity contribution in [2.45, 2.75) is 25.4 Å². The fraction of sp³-hybridized carbons (Fsp3) is 0.571. The maximum Gasteiger partial charge on any atom is 0.118 e. The minimum absolute atomic E-state index is 0. The number of hydrogen-bond acceptors (Lipinski definition) is 3. The molecule has 1 N–H and O–H groups in total. The summed E-state index contributed by atoms with van der Waals surface area (Å²) in [5, 5.41) is 11.6. The van der Waals surface area contributed by atoms with Crippen LogP contribution in [0.1, 0.15) is 29.5 Å². The van der Waals surface area contributed by atoms with Crippen LogP contribution in [0.2, 0.25) is 0 Å². The van der Waals surface area contributed by atoms with E-state index in [0.29, 0.717) is 0 Å². The van der Waals surface area contributed by atoms with Crippen LogP contribution in [0.4, 0.5) is 0 Å². The summed E-state index contributed by atoms with van der Waals surface area (Å²) in [4.78, 5) is 4.26. The molecule has 0 atom stereocenters. The van der Waals surface area contributed by atoms with Gasteiger partial charge in [-0.3, -0.25) is 0 Å². The molecule has 2 rings (SSSR count). The molecule has 1 saturated carbocycles. The molecule has 0 bridgehead atoms. The highest BCUT2D eigenvalue weighted by atomic mass is 35.5. The third kappa shape index (κ3) is 1.92. The molecule has 0 aliphatic heterocycles. The number of thiazole rings is 1. The first kappa shape index (κ1) is 8.97. The fourth-order valence-electron chi connectivity index (χ4n) is 0.964. The van der Waals surface area contributed by atoms with Gasteiger partial charge in [-0.1, -0.05) is 0 Å². The molecule has 0 spiro atoms. The average molecular weight is 192 g/mol. The molecule has 0 aromatic carbocycles. The van der Waals surface area contributed by atoms with Crippen molar-refractivity contribution in [2.75, 3.05) is 0 Å². The first-order valence-corrected chi connectivity index (χ1v) is 4.33. The Morgan fingerprint density at radius 1 is 1.64 bits per heavy atom. The molecule has 62 valence electrons. The van der Waals surface area contributed by atoms with Crippen molar-refractivity contribution in [1.82, 2.24) is 4.98 Å². The highest BCUT2D eigenvalue weighted by Gasteiger charge is 2.25. The predicted octanol–water partition coefficient (Wildman–Crippen LogP) is 1.93. The summed E-state index contributed by atoms with van der Waals surface area (Å²) in [5.41, 5.74) is 1.19. The summed E-state index contributed by atoms with van der Waals surface area (Å²) in [5.74, 6) is 0.719. The van der Waals surface area contributed by atoms with E-state index in [-0.39, 0.29) is 19.0 Å². The zero-order valence-corrected chi connectivity index (χ0v) is 7.62. The van der Waals surface area contributed by atoms with Crippen molar-refractivity contribution in [1.29, 1.82) is 0 Å². The van der Waals surface area contributed by atoms with E-state index in [1.807, 2.05) is 0 Å². The van der Waals surface area contributed by atoms with Gasteiger partial charge in [0.25, 0.3) is 0 Å². The molecule has 4 heteroatoms. The molecule has 0 saturated heterocycles. The monoisotopic (exact) mass is 191 g/mol. The Morgan fingerprint density at radius 2 is 2.36 bits per heavy atom. The highest BCUT2D eigenvalue weighted by molar-refractivity contribution is 7.09. The van der Waals surface area contributed by atoms with Crippen LogP contribution in [0, 0.1) is 0 Å². The zero-order valence-electron chi connectivity index (χ0n) is 5.99. The molecule has 1 heterocycles. The lowest BCUT2D eigenvalue weighted by Crippen LogP contribution is -1.82. The van der Waals surface area contributed by atoms with Gasteiger partial charge < -0.3 is 5.11 Å². The van der Waals surface area contributed by atoms with Crippen molar-refractivity contribution in [3.8, 4) is 0 Å². The molecule has 0 amide bonds. The molecule has 0 radical (unpaired) electrons. The van der Waals surface area contributed by atoms with E-state index in [0.717, 1.165) is 10.9 Å². The van der Waals surface area contributed by atoms with Crippen LogP contribution in [0.5, 0.6) is 0 Å². The molecular weight excluding hydrogens is 182 g/mol. The van der Waals surface area contributed by atoms with Crippen LogP contribution in [-0.4, -0.2) is 10.1 Å². The van der Waals surface area contributed by atoms with Crippen molar-refractivity contribution < 1.29 is 5.11 Å². The van der Waals surface area contributed by atoms with Gasteiger partial charge >= 0.3 is 0 Å². The van der Waals surface area contributed by atoms with E-state index in [9.17, 15) is 0 Å². The molecule has 1 aliphatic rings. The Balaban J connectivity index is 0.000000605. The smallest absolute Gasteiger partial charge is 0.118 e. The first-order chi connectivity index (χ1) is 4.90. The number of hydrogen-bond donors (Lipinski definition) is 1. The first-order valence-electron chi connectivity index (χ1n) is 3.45. The van der Waals surface area contributed by atoms with E-state index in [1.165, 1.54) is 18.5 Å². The van der Waals surface area contributed by atoms with Crippen LogP contribution >= 0.6 is 23.7 Å². The lowest BCUT2D eigenvalue weighted by molar-refractivity contribution is 0.281. The maximum atomic E-state index is 8.70. The van der Waals surface area contributed by atoms with Gasteiger partial charge in [0.2, 0.25) is 0 Å². The Bertz CT molecular complexity index is 234. The second-order valence-corrected chi connectivity index (χ2v) is 3.54. The van der Waals surface area contributed by atoms with Gasteiger partial charge in [-0.2, -0.15) is 0 Å². The number of aliphatic hydroxyl groups is 1. The van der Waals surface area contributed by atoms with E-state index in [1.54, 1.807) is 11.3 Å². The summed E-state index contributed by atoms with van der Waals surface area (Å²) >= 11 is 1.56. The molecule has 0 unspecified atom stereocenters. The van der Waals surface area contributed by atoms with E-state index >= 15 is 0 Å². The van der Waals surface area contributed by atoms with Gasteiger partial charge in [0.15, 0.2) is 0 Å². The molecular formula is C7H10ClNOS. The van der Waals surface area contributed by atoms with E-state index in [4.69, 9.17) is 5.11 Å². The second-order valence-electron chi connectivity index (χ2n) is 2.60. The highest BCUT2D eigenvalue weighted by Crippen LogP contribution is 2.40. The molecule has 1 aliphatic carbocycles. The predicted molar refractivity (Wildman–Crippen MR) is 47.3 cm³/mol. The van der Waals surface area contributed by atoms with Crippen molar-refractivity contribution >= 4 is 23.7 Å². The van der Waals surface area contributed by atoms with Crippen LogP contribution < -0.4 is 0 Å². The summed E-state index contributed by atoms with van der Waals surface area (Å²) in [6.45, 7) is 0.0946. The van der Waals surface area contributed by atoms with Gasteiger partial charge in [-0.15, -0.1) is 23.7 Å². The fourth-order valence-corrected chi connectivity index (χ4v) is 1.70. The van der Waals surface area contributed by atoms with Crippen LogP contribution in [0.25, 0.3) is 0 Å². The number of aliphatic hydroxyl groups excluding tert-OH is 1. The molecule has 11 heavy (non-hydrogen) atoms. The summed E-state index contributed by atoms with van der Waals surface area (Å²) in [6, 6.07) is 0. The number of rotatable bonds is 2. The van der Waals surface area contributed by atoms with E-state index in [2.05, 4.69) is 10.4 Å². The third-order valence-electron chi connectivity index (χ3n) is 1.70. The minimum Gasteiger partial charge on any atom is -0.389 e. The van der Waals surface area contributed by atoms with Gasteiger partial charge in [-0.25, -0.2) is 4.98 Å². The summed E-state index contributed by atoms with van der Waals surface area (Å²) in [6.07, 6.45) is 2.57. The van der Waals surface area contributed by atoms with Crippen LogP contribution in [-0.2, 0) is 6.61 Å². The van der Waals surface area contributed by atoms with Crippen LogP contribution in [0.15, 0.2) is 5.38 Å². The minimum atomic E-state index is 0.